The Morgan fingerprint density at radius 2 is 2.00 bits per heavy atom. The minimum atomic E-state index is -0.106. The van der Waals surface area contributed by atoms with Crippen LogP contribution in [0.4, 0.5) is 5.69 Å². The SMILES string of the molecule is O=C(C[N@+]12CC[C@]34c5ccccc5N5C(=O)C[C@@H]6OCC=C(C1)[C@@H](C[C@H]32)[C@@H]6[C@H]54)c1ccc(Cl)cc1. The predicted octanol–water partition coefficient (Wildman–Crippen LogP) is 4.14. The molecular formula is C29H28ClN2O3+. The number of Topliss-reactive ketones (excluding diaryl/α,β-unsaturated/α-hetero) is 1. The molecule has 0 N–H and O–H groups in total. The van der Waals surface area contributed by atoms with E-state index in [0.29, 0.717) is 42.5 Å². The molecule has 178 valence electrons. The van der Waals surface area contributed by atoms with Gasteiger partial charge in [0.05, 0.1) is 37.1 Å². The van der Waals surface area contributed by atoms with Crippen molar-refractivity contribution in [2.75, 3.05) is 31.1 Å². The third-order valence-electron chi connectivity index (χ3n) is 10.3. The van der Waals surface area contributed by atoms with E-state index in [0.717, 1.165) is 41.7 Å². The molecule has 1 saturated carbocycles. The maximum atomic E-state index is 13.7. The molecule has 6 aliphatic rings. The minimum Gasteiger partial charge on any atom is -0.373 e. The molecule has 1 aliphatic carbocycles. The van der Waals surface area contributed by atoms with Crippen molar-refractivity contribution in [3.05, 3.63) is 76.3 Å². The number of piperidine rings is 2. The Labute approximate surface area is 209 Å². The number of ether oxygens (including phenoxy) is 1. The fourth-order valence-electron chi connectivity index (χ4n) is 9.21. The van der Waals surface area contributed by atoms with E-state index in [2.05, 4.69) is 35.2 Å². The first-order valence-corrected chi connectivity index (χ1v) is 13.3. The quantitative estimate of drug-likeness (QED) is 0.371. The average molecular weight is 488 g/mol. The van der Waals surface area contributed by atoms with Crippen LogP contribution in [-0.4, -0.2) is 60.6 Å². The van der Waals surface area contributed by atoms with E-state index < -0.39 is 0 Å². The topological polar surface area (TPSA) is 46.6 Å². The van der Waals surface area contributed by atoms with Crippen LogP contribution in [-0.2, 0) is 14.9 Å². The van der Waals surface area contributed by atoms with Crippen LogP contribution < -0.4 is 4.90 Å². The third kappa shape index (κ3) is 2.47. The highest BCUT2D eigenvalue weighted by atomic mass is 35.5. The monoisotopic (exact) mass is 487 g/mol. The summed E-state index contributed by atoms with van der Waals surface area (Å²) in [4.78, 5) is 29.4. The van der Waals surface area contributed by atoms with Crippen LogP contribution in [0, 0.1) is 11.8 Å². The molecule has 3 saturated heterocycles. The van der Waals surface area contributed by atoms with Gasteiger partial charge in [-0.2, -0.15) is 0 Å². The van der Waals surface area contributed by atoms with Gasteiger partial charge in [-0.25, -0.2) is 0 Å². The number of para-hydroxylation sites is 1. The van der Waals surface area contributed by atoms with E-state index >= 15 is 0 Å². The molecule has 1 amide bonds. The van der Waals surface area contributed by atoms with Crippen LogP contribution in [0.25, 0.3) is 0 Å². The van der Waals surface area contributed by atoms with Gasteiger partial charge in [-0.1, -0.05) is 35.9 Å². The lowest BCUT2D eigenvalue weighted by atomic mass is 9.53. The summed E-state index contributed by atoms with van der Waals surface area (Å²) in [5.41, 5.74) is 4.52. The number of halogens is 1. The number of benzene rings is 2. The molecule has 1 spiro atoms. The first kappa shape index (κ1) is 20.7. The first-order valence-electron chi connectivity index (χ1n) is 12.9. The standard InChI is InChI=1S/C29H28ClN2O3/c30-19-7-5-17(6-8-19)23(33)16-32-11-10-29-21-3-1-2-4-22(21)31-26(34)14-24-27(28(29)31)20(13-25(29)32)18(15-32)9-12-35-24/h1-9,20,24-25,27-28H,10-16H2/q+1/t20-,24+,25-,27+,28+,29+,32+/m1/s1. The fourth-order valence-corrected chi connectivity index (χ4v) is 9.34. The second-order valence-corrected chi connectivity index (χ2v) is 11.9. The van der Waals surface area contributed by atoms with E-state index in [9.17, 15) is 9.59 Å². The lowest BCUT2D eigenvalue weighted by Gasteiger charge is -2.60. The molecule has 4 fully saturated rings. The van der Waals surface area contributed by atoms with Crippen molar-refractivity contribution >= 4 is 29.0 Å². The highest BCUT2D eigenvalue weighted by Crippen LogP contribution is 2.67. The van der Waals surface area contributed by atoms with Crippen LogP contribution in [0.15, 0.2) is 60.2 Å². The summed E-state index contributed by atoms with van der Waals surface area (Å²) in [6.07, 6.45) is 4.85. The van der Waals surface area contributed by atoms with E-state index in [-0.39, 0.29) is 29.3 Å². The Bertz CT molecular complexity index is 1320. The molecule has 35 heavy (non-hydrogen) atoms. The molecule has 6 heteroatoms. The number of fused-ring (bicyclic) bond motifs is 2. The zero-order valence-corrected chi connectivity index (χ0v) is 20.3. The van der Waals surface area contributed by atoms with Crippen molar-refractivity contribution in [2.24, 2.45) is 11.8 Å². The number of anilines is 1. The van der Waals surface area contributed by atoms with Crippen molar-refractivity contribution in [1.29, 1.82) is 0 Å². The lowest BCUT2D eigenvalue weighted by molar-refractivity contribution is -0.935. The van der Waals surface area contributed by atoms with Gasteiger partial charge in [-0.15, -0.1) is 0 Å². The number of rotatable bonds is 3. The Morgan fingerprint density at radius 1 is 1.17 bits per heavy atom. The average Bonchev–Trinajstić information content (AvgIpc) is 3.29. The number of hydrogen-bond acceptors (Lipinski definition) is 3. The molecule has 8 rings (SSSR count). The van der Waals surface area contributed by atoms with Gasteiger partial charge >= 0.3 is 0 Å². The summed E-state index contributed by atoms with van der Waals surface area (Å²) < 4.78 is 7.18. The smallest absolute Gasteiger partial charge is 0.229 e. The third-order valence-corrected chi connectivity index (χ3v) is 10.6. The Balaban J connectivity index is 1.31. The molecular weight excluding hydrogens is 460 g/mol. The van der Waals surface area contributed by atoms with Crippen molar-refractivity contribution in [3.8, 4) is 0 Å². The predicted molar refractivity (Wildman–Crippen MR) is 132 cm³/mol. The van der Waals surface area contributed by atoms with Crippen LogP contribution in [0.3, 0.4) is 0 Å². The summed E-state index contributed by atoms with van der Waals surface area (Å²) in [5, 5.41) is 0.649. The summed E-state index contributed by atoms with van der Waals surface area (Å²) >= 11 is 6.10. The molecule has 2 aromatic rings. The van der Waals surface area contributed by atoms with Gasteiger partial charge in [0.25, 0.3) is 0 Å². The van der Waals surface area contributed by atoms with E-state index in [1.807, 2.05) is 24.3 Å². The van der Waals surface area contributed by atoms with Gasteiger partial charge in [0.15, 0.2) is 0 Å². The number of nitrogens with zero attached hydrogens (tertiary/aromatic N) is 2. The summed E-state index contributed by atoms with van der Waals surface area (Å²) in [6.45, 7) is 2.96. The molecule has 5 nitrogen and oxygen atoms in total. The molecule has 0 aromatic heterocycles. The Hall–Kier alpha value is -2.47. The van der Waals surface area contributed by atoms with Crippen LogP contribution >= 0.6 is 11.6 Å². The minimum absolute atomic E-state index is 0.00839. The van der Waals surface area contributed by atoms with Gasteiger partial charge in [-0.05, 0) is 47.4 Å². The van der Waals surface area contributed by atoms with Crippen LogP contribution in [0.5, 0.6) is 0 Å². The zero-order valence-electron chi connectivity index (χ0n) is 19.5. The van der Waals surface area contributed by atoms with E-state index in [1.165, 1.54) is 11.1 Å². The van der Waals surface area contributed by atoms with Gasteiger partial charge in [0.2, 0.25) is 11.7 Å². The molecule has 5 aliphatic heterocycles. The number of hydrogen-bond donors (Lipinski definition) is 0. The fraction of sp³-hybridized carbons (Fsp3) is 0.448. The number of carbonyl (C=O) groups excluding carboxylic acids is 2. The number of amides is 1. The van der Waals surface area contributed by atoms with Crippen LogP contribution in [0.2, 0.25) is 5.02 Å². The number of carbonyl (C=O) groups is 2. The van der Waals surface area contributed by atoms with Crippen molar-refractivity contribution in [1.82, 2.24) is 0 Å². The van der Waals surface area contributed by atoms with Gasteiger partial charge in [0, 0.05) is 35.0 Å². The molecule has 2 aromatic carbocycles. The second-order valence-electron chi connectivity index (χ2n) is 11.5. The van der Waals surface area contributed by atoms with Gasteiger partial charge < -0.3 is 14.1 Å². The molecule has 2 bridgehead atoms. The molecule has 0 radical (unpaired) electrons. The molecule has 7 atom stereocenters. The van der Waals surface area contributed by atoms with Crippen LogP contribution in [0.1, 0.15) is 35.2 Å². The summed E-state index contributed by atoms with van der Waals surface area (Å²) in [5.74, 6) is 1.15. The van der Waals surface area contributed by atoms with E-state index in [1.54, 1.807) is 0 Å². The number of ketones is 1. The largest absolute Gasteiger partial charge is 0.373 e. The molecule has 0 unspecified atom stereocenters. The highest BCUT2D eigenvalue weighted by molar-refractivity contribution is 6.30. The lowest BCUT2D eigenvalue weighted by Crippen LogP contribution is -2.73. The summed E-state index contributed by atoms with van der Waals surface area (Å²) in [7, 11) is 0. The van der Waals surface area contributed by atoms with E-state index in [4.69, 9.17) is 16.3 Å². The van der Waals surface area contributed by atoms with Crippen molar-refractivity contribution < 1.29 is 18.8 Å². The second kappa shape index (κ2) is 6.84. The maximum Gasteiger partial charge on any atom is 0.229 e. The zero-order chi connectivity index (χ0) is 23.5. The molecule has 5 heterocycles. The van der Waals surface area contributed by atoms with Gasteiger partial charge in [-0.3, -0.25) is 9.59 Å². The van der Waals surface area contributed by atoms with Crippen molar-refractivity contribution in [2.45, 2.75) is 42.9 Å². The Kier molecular flexibility index (Phi) is 4.05. The number of quaternary nitrogens is 1. The maximum absolute atomic E-state index is 13.7. The summed E-state index contributed by atoms with van der Waals surface area (Å²) in [6, 6.07) is 16.4. The first-order chi connectivity index (χ1) is 17.0. The highest BCUT2D eigenvalue weighted by Gasteiger charge is 2.76. The van der Waals surface area contributed by atoms with Crippen molar-refractivity contribution in [3.63, 3.8) is 0 Å². The van der Waals surface area contributed by atoms with Gasteiger partial charge in [0.1, 0.15) is 19.1 Å². The normalized spacial score (nSPS) is 39.7. The Morgan fingerprint density at radius 3 is 2.86 bits per heavy atom.